The smallest absolute Gasteiger partial charge is 0.220 e. The fourth-order valence-electron chi connectivity index (χ4n) is 2.51. The first-order valence-corrected chi connectivity index (χ1v) is 7.97. The van der Waals surface area contributed by atoms with Gasteiger partial charge in [-0.05, 0) is 13.0 Å². The lowest BCUT2D eigenvalue weighted by Gasteiger charge is -2.14. The van der Waals surface area contributed by atoms with Crippen molar-refractivity contribution in [1.29, 1.82) is 0 Å². The first kappa shape index (κ1) is 21.2. The third-order valence-corrected chi connectivity index (χ3v) is 3.85. The molecule has 0 saturated heterocycles. The molecule has 0 spiro atoms. The number of halogens is 2. The van der Waals surface area contributed by atoms with Gasteiger partial charge in [-0.3, -0.25) is 4.79 Å². The maximum absolute atomic E-state index is 11.9. The van der Waals surface area contributed by atoms with Crippen LogP contribution in [0.1, 0.15) is 18.7 Å². The van der Waals surface area contributed by atoms with Crippen LogP contribution in [0, 0.1) is 0 Å². The lowest BCUT2D eigenvalue weighted by atomic mass is 10.1. The van der Waals surface area contributed by atoms with Crippen molar-refractivity contribution in [2.24, 2.45) is 0 Å². The molecule has 2 heterocycles. The number of nitrogens with zero attached hydrogens (tertiary/aromatic N) is 1. The molecule has 3 rings (SSSR count). The third kappa shape index (κ3) is 6.53. The Morgan fingerprint density at radius 2 is 2.04 bits per heavy atom. The molecule has 2 aromatic rings. The van der Waals surface area contributed by atoms with Gasteiger partial charge in [-0.25, -0.2) is 4.98 Å². The Hall–Kier alpha value is -1.82. The molecule has 0 saturated carbocycles. The number of benzene rings is 1. The Morgan fingerprint density at radius 3 is 2.76 bits per heavy atom. The number of hydrogen-bond donors (Lipinski definition) is 2. The molecule has 0 bridgehead atoms. The summed E-state index contributed by atoms with van der Waals surface area (Å²) in [6.07, 6.45) is 5.76. The number of aromatic nitrogens is 1. The van der Waals surface area contributed by atoms with Crippen molar-refractivity contribution in [3.05, 3.63) is 54.1 Å². The molecule has 7 heteroatoms. The fourth-order valence-corrected chi connectivity index (χ4v) is 2.51. The van der Waals surface area contributed by atoms with Crippen LogP contribution in [0.4, 0.5) is 0 Å². The van der Waals surface area contributed by atoms with E-state index >= 15 is 0 Å². The Balaban J connectivity index is 0.00000156. The number of aryl methyl sites for hydroxylation is 1. The van der Waals surface area contributed by atoms with E-state index in [-0.39, 0.29) is 30.7 Å². The molecule has 25 heavy (non-hydrogen) atoms. The van der Waals surface area contributed by atoms with Gasteiger partial charge in [0, 0.05) is 31.5 Å². The Morgan fingerprint density at radius 1 is 1.24 bits per heavy atom. The largest absolute Gasteiger partial charge is 0.441 e. The lowest BCUT2D eigenvalue weighted by Crippen LogP contribution is -2.29. The molecular weight excluding hydrogens is 361 g/mol. The van der Waals surface area contributed by atoms with Crippen LogP contribution in [0.5, 0.6) is 0 Å². The number of rotatable bonds is 6. The van der Waals surface area contributed by atoms with Crippen molar-refractivity contribution < 1.29 is 9.21 Å². The van der Waals surface area contributed by atoms with Gasteiger partial charge in [0.05, 0.1) is 6.20 Å². The number of hydrogen-bond acceptors (Lipinski definition) is 4. The molecule has 1 aliphatic rings. The summed E-state index contributed by atoms with van der Waals surface area (Å²) in [5.74, 6) is 1.37. The van der Waals surface area contributed by atoms with Crippen molar-refractivity contribution >= 4 is 30.7 Å². The quantitative estimate of drug-likeness (QED) is 0.751. The van der Waals surface area contributed by atoms with E-state index in [0.717, 1.165) is 30.8 Å². The van der Waals surface area contributed by atoms with Crippen molar-refractivity contribution in [2.45, 2.75) is 19.3 Å². The lowest BCUT2D eigenvalue weighted by molar-refractivity contribution is -0.120. The van der Waals surface area contributed by atoms with Crippen LogP contribution in [0.25, 0.3) is 11.3 Å². The van der Waals surface area contributed by atoms with Crippen LogP contribution in [-0.2, 0) is 11.2 Å². The van der Waals surface area contributed by atoms with Crippen molar-refractivity contribution in [2.75, 3.05) is 19.6 Å². The highest BCUT2D eigenvalue weighted by Crippen LogP contribution is 2.20. The van der Waals surface area contributed by atoms with Gasteiger partial charge in [0.25, 0.3) is 0 Å². The average molecular weight is 384 g/mol. The summed E-state index contributed by atoms with van der Waals surface area (Å²) in [5, 5.41) is 6.21. The second-order valence-electron chi connectivity index (χ2n) is 5.58. The van der Waals surface area contributed by atoms with Crippen LogP contribution < -0.4 is 10.6 Å². The molecule has 1 amide bonds. The SMILES string of the molecule is Cl.Cl.O=C(CCc1ncc(-c2ccccc2)o1)NCC1=CCNCC1. The number of carbonyl (C=O) groups is 1. The predicted octanol–water partition coefficient (Wildman–Crippen LogP) is 3.15. The van der Waals surface area contributed by atoms with Crippen molar-refractivity contribution in [3.8, 4) is 11.3 Å². The summed E-state index contributed by atoms with van der Waals surface area (Å²) >= 11 is 0. The minimum absolute atomic E-state index is 0. The maximum atomic E-state index is 11.9. The average Bonchev–Trinajstić information content (AvgIpc) is 3.09. The van der Waals surface area contributed by atoms with E-state index in [9.17, 15) is 4.79 Å². The minimum atomic E-state index is 0. The van der Waals surface area contributed by atoms with Gasteiger partial charge in [0.2, 0.25) is 5.91 Å². The number of nitrogens with one attached hydrogen (secondary N) is 2. The molecule has 0 fully saturated rings. The van der Waals surface area contributed by atoms with Crippen molar-refractivity contribution in [1.82, 2.24) is 15.6 Å². The highest BCUT2D eigenvalue weighted by molar-refractivity contribution is 5.85. The predicted molar refractivity (Wildman–Crippen MR) is 103 cm³/mol. The summed E-state index contributed by atoms with van der Waals surface area (Å²) in [6.45, 7) is 2.52. The van der Waals surface area contributed by atoms with Gasteiger partial charge in [-0.15, -0.1) is 24.8 Å². The van der Waals surface area contributed by atoms with E-state index < -0.39 is 0 Å². The molecule has 1 aliphatic heterocycles. The number of carbonyl (C=O) groups excluding carboxylic acids is 1. The zero-order valence-corrected chi connectivity index (χ0v) is 15.5. The molecular formula is C18H23Cl2N3O2. The third-order valence-electron chi connectivity index (χ3n) is 3.85. The maximum Gasteiger partial charge on any atom is 0.220 e. The standard InChI is InChI=1S/C18H21N3O2.2ClH/c22-17(20-12-14-8-10-19-11-9-14)6-7-18-21-13-16(23-18)15-4-2-1-3-5-15;;/h1-5,8,13,19H,6-7,9-12H2,(H,20,22);2*1H. The second-order valence-corrected chi connectivity index (χ2v) is 5.58. The molecule has 1 aromatic carbocycles. The van der Waals surface area contributed by atoms with E-state index in [4.69, 9.17) is 4.42 Å². The summed E-state index contributed by atoms with van der Waals surface area (Å²) in [7, 11) is 0. The van der Waals surface area contributed by atoms with E-state index in [2.05, 4.69) is 21.7 Å². The zero-order chi connectivity index (χ0) is 15.9. The van der Waals surface area contributed by atoms with Gasteiger partial charge in [0.15, 0.2) is 11.7 Å². The highest BCUT2D eigenvalue weighted by atomic mass is 35.5. The second kappa shape index (κ2) is 10.9. The van der Waals surface area contributed by atoms with Gasteiger partial charge in [-0.1, -0.05) is 42.0 Å². The highest BCUT2D eigenvalue weighted by Gasteiger charge is 2.09. The van der Waals surface area contributed by atoms with E-state index in [0.29, 0.717) is 25.3 Å². The molecule has 136 valence electrons. The Bertz CT molecular complexity index is 687. The molecule has 0 unspecified atom stereocenters. The minimum Gasteiger partial charge on any atom is -0.441 e. The molecule has 0 aliphatic carbocycles. The van der Waals surface area contributed by atoms with Crippen LogP contribution in [-0.4, -0.2) is 30.5 Å². The molecule has 1 aromatic heterocycles. The van der Waals surface area contributed by atoms with Gasteiger partial charge in [-0.2, -0.15) is 0 Å². The Kier molecular flexibility index (Phi) is 9.27. The molecule has 0 atom stereocenters. The van der Waals surface area contributed by atoms with Crippen molar-refractivity contribution in [3.63, 3.8) is 0 Å². The van der Waals surface area contributed by atoms with E-state index in [1.165, 1.54) is 5.57 Å². The van der Waals surface area contributed by atoms with Crippen LogP contribution in [0.3, 0.4) is 0 Å². The van der Waals surface area contributed by atoms with E-state index in [1.807, 2.05) is 30.3 Å². The van der Waals surface area contributed by atoms with Crippen LogP contribution in [0.2, 0.25) is 0 Å². The summed E-state index contributed by atoms with van der Waals surface area (Å²) in [5.41, 5.74) is 2.29. The fraction of sp³-hybridized carbons (Fsp3) is 0.333. The summed E-state index contributed by atoms with van der Waals surface area (Å²) < 4.78 is 5.70. The Labute approximate surface area is 160 Å². The van der Waals surface area contributed by atoms with Crippen LogP contribution >= 0.6 is 24.8 Å². The van der Waals surface area contributed by atoms with Gasteiger partial charge < -0.3 is 15.1 Å². The number of amides is 1. The summed E-state index contributed by atoms with van der Waals surface area (Å²) in [4.78, 5) is 16.2. The monoisotopic (exact) mass is 383 g/mol. The molecule has 0 radical (unpaired) electrons. The van der Waals surface area contributed by atoms with Gasteiger partial charge in [0.1, 0.15) is 0 Å². The topological polar surface area (TPSA) is 67.2 Å². The van der Waals surface area contributed by atoms with E-state index in [1.54, 1.807) is 6.20 Å². The van der Waals surface area contributed by atoms with Gasteiger partial charge >= 0.3 is 0 Å². The first-order chi connectivity index (χ1) is 11.3. The van der Waals surface area contributed by atoms with Crippen LogP contribution in [0.15, 0.2) is 52.6 Å². The number of oxazole rings is 1. The zero-order valence-electron chi connectivity index (χ0n) is 13.9. The normalized spacial score (nSPS) is 13.2. The summed E-state index contributed by atoms with van der Waals surface area (Å²) in [6, 6.07) is 9.83. The first-order valence-electron chi connectivity index (χ1n) is 7.97. The molecule has 5 nitrogen and oxygen atoms in total. The molecule has 2 N–H and O–H groups in total.